The number of nitrogens with one attached hydrogen (secondary N) is 1. The largest absolute Gasteiger partial charge is 0.306 e. The molecular weight excluding hydrogens is 302 g/mol. The van der Waals surface area contributed by atoms with Crippen LogP contribution < -0.4 is 5.32 Å². The van der Waals surface area contributed by atoms with Gasteiger partial charge in [0.25, 0.3) is 5.91 Å². The number of aromatic nitrogens is 4. The fraction of sp³-hybridized carbons (Fsp3) is 0.278. The first-order valence-electron chi connectivity index (χ1n) is 7.92. The van der Waals surface area contributed by atoms with Crippen molar-refractivity contribution in [3.05, 3.63) is 54.0 Å². The van der Waals surface area contributed by atoms with Crippen LogP contribution in [0.2, 0.25) is 0 Å². The van der Waals surface area contributed by atoms with Crippen molar-refractivity contribution in [3.8, 4) is 11.1 Å². The van der Waals surface area contributed by atoms with Gasteiger partial charge >= 0.3 is 0 Å². The number of aryl methyl sites for hydroxylation is 2. The summed E-state index contributed by atoms with van der Waals surface area (Å²) in [5.74, 6) is 0.489. The smallest absolute Gasteiger partial charge is 0.260 e. The summed E-state index contributed by atoms with van der Waals surface area (Å²) in [4.78, 5) is 12.6. The topological polar surface area (TPSA) is 64.7 Å². The molecule has 0 aliphatic heterocycles. The Morgan fingerprint density at radius 2 is 1.92 bits per heavy atom. The quantitative estimate of drug-likeness (QED) is 0.800. The number of amides is 1. The zero-order valence-corrected chi connectivity index (χ0v) is 14.3. The molecule has 0 radical (unpaired) electrons. The third-order valence-corrected chi connectivity index (χ3v) is 3.91. The molecule has 0 bridgehead atoms. The highest BCUT2D eigenvalue weighted by Crippen LogP contribution is 2.31. The van der Waals surface area contributed by atoms with E-state index < -0.39 is 0 Å². The molecule has 2 heterocycles. The van der Waals surface area contributed by atoms with Crippen molar-refractivity contribution >= 4 is 11.7 Å². The van der Waals surface area contributed by atoms with E-state index in [2.05, 4.69) is 15.5 Å². The van der Waals surface area contributed by atoms with Crippen molar-refractivity contribution in [2.75, 3.05) is 5.32 Å². The molecule has 1 amide bonds. The molecule has 0 saturated carbocycles. The van der Waals surface area contributed by atoms with Crippen LogP contribution >= 0.6 is 0 Å². The van der Waals surface area contributed by atoms with Crippen LogP contribution in [0.3, 0.4) is 0 Å². The predicted octanol–water partition coefficient (Wildman–Crippen LogP) is 3.43. The van der Waals surface area contributed by atoms with Crippen molar-refractivity contribution < 1.29 is 4.79 Å². The number of carbonyl (C=O) groups is 1. The van der Waals surface area contributed by atoms with Crippen LogP contribution in [0.5, 0.6) is 0 Å². The second kappa shape index (κ2) is 6.31. The minimum absolute atomic E-state index is 0.193. The molecule has 6 heteroatoms. The minimum Gasteiger partial charge on any atom is -0.306 e. The van der Waals surface area contributed by atoms with Gasteiger partial charge in [-0.2, -0.15) is 10.2 Å². The van der Waals surface area contributed by atoms with Crippen LogP contribution in [-0.2, 0) is 7.05 Å². The van der Waals surface area contributed by atoms with Gasteiger partial charge in [-0.05, 0) is 26.3 Å². The van der Waals surface area contributed by atoms with Crippen molar-refractivity contribution in [2.45, 2.75) is 26.8 Å². The van der Waals surface area contributed by atoms with Crippen molar-refractivity contribution in [3.63, 3.8) is 0 Å². The van der Waals surface area contributed by atoms with Crippen molar-refractivity contribution in [1.82, 2.24) is 19.6 Å². The molecule has 0 aliphatic rings. The Bertz CT molecular complexity index is 861. The van der Waals surface area contributed by atoms with E-state index in [1.165, 1.54) is 0 Å². The Labute approximate surface area is 141 Å². The lowest BCUT2D eigenvalue weighted by Gasteiger charge is -2.08. The van der Waals surface area contributed by atoms with E-state index in [1.54, 1.807) is 21.8 Å². The molecule has 24 heavy (non-hydrogen) atoms. The van der Waals surface area contributed by atoms with Gasteiger partial charge in [-0.1, -0.05) is 30.3 Å². The maximum atomic E-state index is 12.6. The summed E-state index contributed by atoms with van der Waals surface area (Å²) < 4.78 is 3.46. The molecule has 0 saturated heterocycles. The number of nitrogens with zero attached hydrogens (tertiary/aromatic N) is 4. The van der Waals surface area contributed by atoms with Gasteiger partial charge in [0, 0.05) is 24.8 Å². The summed E-state index contributed by atoms with van der Waals surface area (Å²) in [7, 11) is 1.83. The van der Waals surface area contributed by atoms with E-state index >= 15 is 0 Å². The molecule has 1 aromatic carbocycles. The number of rotatable bonds is 4. The Balaban J connectivity index is 1.94. The molecule has 1 N–H and O–H groups in total. The summed E-state index contributed by atoms with van der Waals surface area (Å²) in [6.07, 6.45) is 3.34. The van der Waals surface area contributed by atoms with Gasteiger partial charge < -0.3 is 5.32 Å². The molecule has 0 spiro atoms. The zero-order valence-electron chi connectivity index (χ0n) is 14.3. The first-order valence-corrected chi connectivity index (χ1v) is 7.92. The zero-order chi connectivity index (χ0) is 17.3. The van der Waals surface area contributed by atoms with Crippen LogP contribution in [-0.4, -0.2) is 25.5 Å². The van der Waals surface area contributed by atoms with E-state index in [0.29, 0.717) is 11.4 Å². The average Bonchev–Trinajstić information content (AvgIpc) is 3.14. The summed E-state index contributed by atoms with van der Waals surface area (Å²) >= 11 is 0. The second-order valence-electron chi connectivity index (χ2n) is 6.06. The third-order valence-electron chi connectivity index (χ3n) is 3.91. The molecule has 2 aromatic heterocycles. The molecule has 124 valence electrons. The van der Waals surface area contributed by atoms with Crippen LogP contribution in [0.25, 0.3) is 11.1 Å². The van der Waals surface area contributed by atoms with Gasteiger partial charge in [-0.3, -0.25) is 14.2 Å². The van der Waals surface area contributed by atoms with Gasteiger partial charge in [-0.15, -0.1) is 0 Å². The van der Waals surface area contributed by atoms with Crippen LogP contribution in [0.4, 0.5) is 5.82 Å². The summed E-state index contributed by atoms with van der Waals surface area (Å²) in [5.41, 5.74) is 3.36. The Morgan fingerprint density at radius 1 is 1.21 bits per heavy atom. The Kier molecular flexibility index (Phi) is 4.20. The van der Waals surface area contributed by atoms with E-state index in [1.807, 2.05) is 58.2 Å². The van der Waals surface area contributed by atoms with Crippen LogP contribution in [0, 0.1) is 6.92 Å². The van der Waals surface area contributed by atoms with E-state index in [9.17, 15) is 4.79 Å². The maximum absolute atomic E-state index is 12.6. The van der Waals surface area contributed by atoms with Gasteiger partial charge in [0.1, 0.15) is 5.82 Å². The molecule has 6 nitrogen and oxygen atoms in total. The molecule has 0 aliphatic carbocycles. The number of anilines is 1. The average molecular weight is 323 g/mol. The van der Waals surface area contributed by atoms with E-state index in [0.717, 1.165) is 16.8 Å². The number of carbonyl (C=O) groups excluding carboxylic acids is 1. The standard InChI is InChI=1S/C18H21N5O/c1-12(2)23-11-15(10-19-23)18(24)20-17-16(13(3)21-22(17)4)14-8-6-5-7-9-14/h5-12H,1-4H3,(H,20,24). The highest BCUT2D eigenvalue weighted by molar-refractivity contribution is 6.05. The first kappa shape index (κ1) is 16.0. The minimum atomic E-state index is -0.193. The third kappa shape index (κ3) is 2.95. The lowest BCUT2D eigenvalue weighted by Crippen LogP contribution is -2.14. The monoisotopic (exact) mass is 323 g/mol. The number of hydrogen-bond donors (Lipinski definition) is 1. The molecule has 3 rings (SSSR count). The molecule has 0 fully saturated rings. The van der Waals surface area contributed by atoms with Crippen molar-refractivity contribution in [1.29, 1.82) is 0 Å². The normalized spacial score (nSPS) is 11.0. The molecular formula is C18H21N5O. The van der Waals surface area contributed by atoms with Crippen LogP contribution in [0.1, 0.15) is 35.9 Å². The van der Waals surface area contributed by atoms with Gasteiger partial charge in [0.2, 0.25) is 0 Å². The van der Waals surface area contributed by atoms with Gasteiger partial charge in [0.05, 0.1) is 17.5 Å². The number of hydrogen-bond acceptors (Lipinski definition) is 3. The lowest BCUT2D eigenvalue weighted by molar-refractivity contribution is 0.102. The Morgan fingerprint density at radius 3 is 2.54 bits per heavy atom. The number of benzene rings is 1. The highest BCUT2D eigenvalue weighted by atomic mass is 16.1. The molecule has 0 unspecified atom stereocenters. The first-order chi connectivity index (χ1) is 11.5. The summed E-state index contributed by atoms with van der Waals surface area (Å²) in [6.45, 7) is 5.98. The van der Waals surface area contributed by atoms with Crippen LogP contribution in [0.15, 0.2) is 42.7 Å². The second-order valence-corrected chi connectivity index (χ2v) is 6.06. The highest BCUT2D eigenvalue weighted by Gasteiger charge is 2.19. The van der Waals surface area contributed by atoms with Gasteiger partial charge in [0.15, 0.2) is 0 Å². The molecule has 3 aromatic rings. The van der Waals surface area contributed by atoms with Gasteiger partial charge in [-0.25, -0.2) is 0 Å². The summed E-state index contributed by atoms with van der Waals surface area (Å²) in [5, 5.41) is 11.6. The predicted molar refractivity (Wildman–Crippen MR) is 93.9 cm³/mol. The fourth-order valence-electron chi connectivity index (χ4n) is 2.67. The van der Waals surface area contributed by atoms with E-state index in [4.69, 9.17) is 0 Å². The fourth-order valence-corrected chi connectivity index (χ4v) is 2.67. The maximum Gasteiger partial charge on any atom is 0.260 e. The SMILES string of the molecule is Cc1nn(C)c(NC(=O)c2cnn(C(C)C)c2)c1-c1ccccc1. The Hall–Kier alpha value is -2.89. The molecule has 0 atom stereocenters. The summed E-state index contributed by atoms with van der Waals surface area (Å²) in [6, 6.07) is 10.1. The lowest BCUT2D eigenvalue weighted by atomic mass is 10.1. The van der Waals surface area contributed by atoms with E-state index in [-0.39, 0.29) is 11.9 Å². The van der Waals surface area contributed by atoms with Crippen molar-refractivity contribution in [2.24, 2.45) is 7.05 Å².